The fourth-order valence-corrected chi connectivity index (χ4v) is 2.32. The number of rotatable bonds is 2. The zero-order valence-electron chi connectivity index (χ0n) is 10.5. The molecule has 1 aliphatic heterocycles. The van der Waals surface area contributed by atoms with Crippen molar-refractivity contribution >= 4 is 40.4 Å². The third-order valence-corrected chi connectivity index (χ3v) is 3.24. The molecule has 9 heteroatoms. The highest BCUT2D eigenvalue weighted by Crippen LogP contribution is 2.39. The number of fused-ring (bicyclic) bond motifs is 1. The number of hydrogen-bond acceptors (Lipinski definition) is 6. The fourth-order valence-electron chi connectivity index (χ4n) is 2.13. The Hall–Kier alpha value is -2.74. The van der Waals surface area contributed by atoms with E-state index in [1.54, 1.807) is 24.3 Å². The zero-order valence-corrected chi connectivity index (χ0v) is 11.2. The molecule has 0 aliphatic carbocycles. The van der Waals surface area contributed by atoms with Gasteiger partial charge >= 0.3 is 5.69 Å². The fraction of sp³-hybridized carbons (Fsp3) is 0.0833. The van der Waals surface area contributed by atoms with Crippen LogP contribution in [0.4, 0.5) is 22.9 Å². The van der Waals surface area contributed by atoms with E-state index < -0.39 is 10.6 Å². The molecule has 0 saturated heterocycles. The van der Waals surface area contributed by atoms with Gasteiger partial charge in [0.05, 0.1) is 16.3 Å². The van der Waals surface area contributed by atoms with Crippen LogP contribution < -0.4 is 10.2 Å². The van der Waals surface area contributed by atoms with Crippen molar-refractivity contribution in [3.8, 4) is 0 Å². The third-order valence-electron chi connectivity index (χ3n) is 2.97. The van der Waals surface area contributed by atoms with E-state index in [1.165, 1.54) is 4.90 Å². The van der Waals surface area contributed by atoms with Gasteiger partial charge in [-0.05, 0) is 12.1 Å². The van der Waals surface area contributed by atoms with Crippen LogP contribution >= 0.6 is 11.6 Å². The van der Waals surface area contributed by atoms with E-state index in [0.717, 1.165) is 6.33 Å². The largest absolute Gasteiger partial charge is 0.348 e. The first-order valence-electron chi connectivity index (χ1n) is 5.89. The van der Waals surface area contributed by atoms with E-state index >= 15 is 0 Å². The number of carbonyl (C=O) groups excluding carboxylic acids is 1. The summed E-state index contributed by atoms with van der Waals surface area (Å²) < 4.78 is 0. The number of nitro groups is 1. The first-order chi connectivity index (χ1) is 10.1. The third kappa shape index (κ3) is 2.25. The summed E-state index contributed by atoms with van der Waals surface area (Å²) in [4.78, 5) is 31.3. The maximum atomic E-state index is 11.8. The number of aromatic nitrogens is 2. The lowest BCUT2D eigenvalue weighted by Crippen LogP contribution is -2.35. The molecule has 1 amide bonds. The molecule has 1 N–H and O–H groups in total. The lowest BCUT2D eigenvalue weighted by Gasteiger charge is -2.29. The SMILES string of the molecule is O=C1CN(c2ncnc(Cl)c2[N+](=O)[O-])c2ccccc2N1. The summed E-state index contributed by atoms with van der Waals surface area (Å²) in [6.45, 7) is -0.0921. The highest BCUT2D eigenvalue weighted by atomic mass is 35.5. The summed E-state index contributed by atoms with van der Waals surface area (Å²) in [7, 11) is 0. The van der Waals surface area contributed by atoms with Crippen LogP contribution in [0.3, 0.4) is 0 Å². The monoisotopic (exact) mass is 305 g/mol. The molecule has 3 rings (SSSR count). The van der Waals surface area contributed by atoms with E-state index in [9.17, 15) is 14.9 Å². The number of halogens is 1. The van der Waals surface area contributed by atoms with Gasteiger partial charge in [-0.15, -0.1) is 0 Å². The lowest BCUT2D eigenvalue weighted by atomic mass is 10.2. The molecule has 0 bridgehead atoms. The quantitative estimate of drug-likeness (QED) is 0.518. The number of amides is 1. The van der Waals surface area contributed by atoms with Gasteiger partial charge in [0, 0.05) is 0 Å². The normalized spacial score (nSPS) is 13.6. The minimum absolute atomic E-state index is 0.0118. The van der Waals surface area contributed by atoms with Gasteiger partial charge in [-0.3, -0.25) is 14.9 Å². The average molecular weight is 306 g/mol. The molecule has 0 fully saturated rings. The second kappa shape index (κ2) is 4.98. The van der Waals surface area contributed by atoms with Crippen molar-refractivity contribution in [2.24, 2.45) is 0 Å². The molecule has 0 spiro atoms. The highest BCUT2D eigenvalue weighted by molar-refractivity contribution is 6.32. The first-order valence-corrected chi connectivity index (χ1v) is 6.27. The molecule has 0 unspecified atom stereocenters. The van der Waals surface area contributed by atoms with Crippen LogP contribution in [0.2, 0.25) is 5.15 Å². The summed E-state index contributed by atoms with van der Waals surface area (Å²) in [6, 6.07) is 6.95. The summed E-state index contributed by atoms with van der Waals surface area (Å²) in [5.41, 5.74) is 0.733. The number of para-hydroxylation sites is 2. The number of nitrogens with one attached hydrogen (secondary N) is 1. The molecular formula is C12H8ClN5O3. The minimum atomic E-state index is -0.660. The summed E-state index contributed by atoms with van der Waals surface area (Å²) in [5.74, 6) is -0.306. The van der Waals surface area contributed by atoms with E-state index in [4.69, 9.17) is 11.6 Å². The van der Waals surface area contributed by atoms with E-state index in [0.29, 0.717) is 11.4 Å². The van der Waals surface area contributed by atoms with Gasteiger partial charge in [0.1, 0.15) is 12.9 Å². The molecule has 1 aromatic heterocycles. The number of hydrogen-bond donors (Lipinski definition) is 1. The predicted octanol–water partition coefficient (Wildman–Crippen LogP) is 2.13. The van der Waals surface area contributed by atoms with Gasteiger partial charge in [0.15, 0.2) is 0 Å². The van der Waals surface area contributed by atoms with Crippen LogP contribution in [-0.4, -0.2) is 27.3 Å². The lowest BCUT2D eigenvalue weighted by molar-refractivity contribution is -0.384. The Kier molecular flexibility index (Phi) is 3.15. The number of nitrogens with zero attached hydrogens (tertiary/aromatic N) is 4. The molecule has 2 heterocycles. The van der Waals surface area contributed by atoms with Crippen molar-refractivity contribution < 1.29 is 9.72 Å². The smallest absolute Gasteiger partial charge is 0.323 e. The maximum Gasteiger partial charge on any atom is 0.348 e. The van der Waals surface area contributed by atoms with E-state index in [1.807, 2.05) is 0 Å². The summed E-state index contributed by atoms with van der Waals surface area (Å²) >= 11 is 5.79. The predicted molar refractivity (Wildman–Crippen MR) is 75.8 cm³/mol. The Labute approximate surface area is 123 Å². The first kappa shape index (κ1) is 13.3. The molecule has 1 aromatic carbocycles. The van der Waals surface area contributed by atoms with Crippen LogP contribution in [0.25, 0.3) is 0 Å². The van der Waals surface area contributed by atoms with Crippen LogP contribution in [0, 0.1) is 10.1 Å². The molecule has 0 atom stereocenters. The van der Waals surface area contributed by atoms with Crippen molar-refractivity contribution in [1.29, 1.82) is 0 Å². The Balaban J connectivity index is 2.20. The molecule has 0 saturated carbocycles. The van der Waals surface area contributed by atoms with Crippen molar-refractivity contribution in [2.45, 2.75) is 0 Å². The number of carbonyl (C=O) groups is 1. The van der Waals surface area contributed by atoms with Crippen molar-refractivity contribution in [3.63, 3.8) is 0 Å². The van der Waals surface area contributed by atoms with Crippen LogP contribution in [-0.2, 0) is 4.79 Å². The Morgan fingerprint density at radius 1 is 1.33 bits per heavy atom. The molecule has 1 aliphatic rings. The van der Waals surface area contributed by atoms with Crippen LogP contribution in [0.5, 0.6) is 0 Å². The van der Waals surface area contributed by atoms with Crippen LogP contribution in [0.15, 0.2) is 30.6 Å². The number of anilines is 3. The second-order valence-corrected chi connectivity index (χ2v) is 4.60. The van der Waals surface area contributed by atoms with E-state index in [-0.39, 0.29) is 23.4 Å². The molecule has 106 valence electrons. The van der Waals surface area contributed by atoms with Gasteiger partial charge in [-0.25, -0.2) is 9.97 Å². The Morgan fingerprint density at radius 3 is 2.86 bits per heavy atom. The summed E-state index contributed by atoms with van der Waals surface area (Å²) in [6.07, 6.45) is 1.12. The topological polar surface area (TPSA) is 101 Å². The standard InChI is InChI=1S/C12H8ClN5O3/c13-11-10(18(20)21)12(15-6-14-11)17-5-9(19)16-7-3-1-2-4-8(7)17/h1-4,6H,5H2,(H,16,19). The maximum absolute atomic E-state index is 11.8. The zero-order chi connectivity index (χ0) is 15.0. The molecule has 8 nitrogen and oxygen atoms in total. The highest BCUT2D eigenvalue weighted by Gasteiger charge is 2.31. The van der Waals surface area contributed by atoms with E-state index in [2.05, 4.69) is 15.3 Å². The van der Waals surface area contributed by atoms with Crippen molar-refractivity contribution in [2.75, 3.05) is 16.8 Å². The average Bonchev–Trinajstić information content (AvgIpc) is 2.45. The van der Waals surface area contributed by atoms with Gasteiger partial charge in [0.2, 0.25) is 16.9 Å². The van der Waals surface area contributed by atoms with Crippen molar-refractivity contribution in [1.82, 2.24) is 9.97 Å². The summed E-state index contributed by atoms with van der Waals surface area (Å²) in [5, 5.41) is 13.6. The minimum Gasteiger partial charge on any atom is -0.323 e. The second-order valence-electron chi connectivity index (χ2n) is 4.25. The Morgan fingerprint density at radius 2 is 2.10 bits per heavy atom. The van der Waals surface area contributed by atoms with Gasteiger partial charge < -0.3 is 10.2 Å². The van der Waals surface area contributed by atoms with Gasteiger partial charge in [0.25, 0.3) is 0 Å². The van der Waals surface area contributed by atoms with Crippen LogP contribution in [0.1, 0.15) is 0 Å². The molecule has 0 radical (unpaired) electrons. The van der Waals surface area contributed by atoms with Crippen molar-refractivity contribution in [3.05, 3.63) is 45.9 Å². The van der Waals surface area contributed by atoms with Gasteiger partial charge in [-0.1, -0.05) is 23.7 Å². The molecular weight excluding hydrogens is 298 g/mol. The number of benzene rings is 1. The molecule has 2 aromatic rings. The Bertz CT molecular complexity index is 751. The van der Waals surface area contributed by atoms with Gasteiger partial charge in [-0.2, -0.15) is 0 Å². The molecule has 21 heavy (non-hydrogen) atoms.